The lowest BCUT2D eigenvalue weighted by molar-refractivity contribution is -0.123. The zero-order chi connectivity index (χ0) is 18.4. The van der Waals surface area contributed by atoms with E-state index in [0.717, 1.165) is 11.1 Å². The Morgan fingerprint density at radius 1 is 1.32 bits per heavy atom. The Morgan fingerprint density at radius 2 is 2.08 bits per heavy atom. The second kappa shape index (κ2) is 8.70. The number of ether oxygens (including phenoxy) is 2. The molecular formula is C18H19IN2O4. The number of aryl methyl sites for hydroxylation is 1. The molecule has 132 valence electrons. The highest BCUT2D eigenvalue weighted by atomic mass is 127. The normalized spacial score (nSPS) is 10.7. The lowest BCUT2D eigenvalue weighted by Crippen LogP contribution is -2.24. The predicted octanol–water partition coefficient (Wildman–Crippen LogP) is 3.15. The van der Waals surface area contributed by atoms with Crippen molar-refractivity contribution in [1.29, 1.82) is 0 Å². The number of phenolic OH excluding ortho intramolecular Hbond substituents is 1. The molecule has 0 aliphatic carbocycles. The zero-order valence-electron chi connectivity index (χ0n) is 14.2. The maximum absolute atomic E-state index is 11.8. The maximum atomic E-state index is 11.8. The average molecular weight is 454 g/mol. The first-order valence-corrected chi connectivity index (χ1v) is 8.57. The van der Waals surface area contributed by atoms with Crippen molar-refractivity contribution in [2.75, 3.05) is 13.7 Å². The third-order valence-corrected chi connectivity index (χ3v) is 4.41. The first-order valence-electron chi connectivity index (χ1n) is 7.49. The number of amides is 1. The van der Waals surface area contributed by atoms with Gasteiger partial charge in [-0.2, -0.15) is 5.10 Å². The highest BCUT2D eigenvalue weighted by Gasteiger charge is 2.08. The summed E-state index contributed by atoms with van der Waals surface area (Å²) in [5.74, 6) is 0.735. The molecule has 0 radical (unpaired) electrons. The van der Waals surface area contributed by atoms with Crippen molar-refractivity contribution < 1.29 is 19.4 Å². The second-order valence-corrected chi connectivity index (χ2v) is 6.50. The molecule has 25 heavy (non-hydrogen) atoms. The molecule has 2 aromatic rings. The van der Waals surface area contributed by atoms with E-state index in [4.69, 9.17) is 9.47 Å². The number of carbonyl (C=O) groups excluding carboxylic acids is 1. The van der Waals surface area contributed by atoms with Crippen molar-refractivity contribution in [1.82, 2.24) is 5.43 Å². The Kier molecular flexibility index (Phi) is 6.63. The van der Waals surface area contributed by atoms with Crippen LogP contribution >= 0.6 is 22.6 Å². The highest BCUT2D eigenvalue weighted by molar-refractivity contribution is 14.1. The Hall–Kier alpha value is -2.29. The van der Waals surface area contributed by atoms with E-state index in [9.17, 15) is 9.90 Å². The summed E-state index contributed by atoms with van der Waals surface area (Å²) in [5.41, 5.74) is 5.20. The van der Waals surface area contributed by atoms with Crippen molar-refractivity contribution >= 4 is 34.7 Å². The maximum Gasteiger partial charge on any atom is 0.277 e. The number of carbonyl (C=O) groups is 1. The molecule has 2 N–H and O–H groups in total. The molecule has 0 saturated carbocycles. The number of methoxy groups -OCH3 is 1. The molecular weight excluding hydrogens is 435 g/mol. The van der Waals surface area contributed by atoms with Crippen LogP contribution in [0.25, 0.3) is 0 Å². The molecule has 0 aliphatic rings. The van der Waals surface area contributed by atoms with Gasteiger partial charge in [0.15, 0.2) is 18.1 Å². The second-order valence-electron chi connectivity index (χ2n) is 5.33. The number of hydrogen-bond donors (Lipinski definition) is 2. The van der Waals surface area contributed by atoms with Gasteiger partial charge in [-0.15, -0.1) is 0 Å². The minimum absolute atomic E-state index is 0.0752. The van der Waals surface area contributed by atoms with E-state index in [0.29, 0.717) is 20.6 Å². The molecule has 0 heterocycles. The number of benzene rings is 2. The topological polar surface area (TPSA) is 80.2 Å². The molecule has 0 aliphatic heterocycles. The molecule has 0 saturated heterocycles. The lowest BCUT2D eigenvalue weighted by atomic mass is 10.1. The minimum atomic E-state index is -0.363. The Balaban J connectivity index is 1.92. The van der Waals surface area contributed by atoms with Crippen LogP contribution in [0.3, 0.4) is 0 Å². The molecule has 0 bridgehead atoms. The summed E-state index contributed by atoms with van der Waals surface area (Å²) >= 11 is 1.99. The average Bonchev–Trinajstić information content (AvgIpc) is 2.59. The summed E-state index contributed by atoms with van der Waals surface area (Å²) in [6.07, 6.45) is 1.47. The molecule has 1 amide bonds. The van der Waals surface area contributed by atoms with Crippen LogP contribution in [0.4, 0.5) is 0 Å². The first-order chi connectivity index (χ1) is 11.9. The molecule has 6 nitrogen and oxygen atoms in total. The van der Waals surface area contributed by atoms with Crippen molar-refractivity contribution in [2.24, 2.45) is 5.10 Å². The summed E-state index contributed by atoms with van der Waals surface area (Å²) in [4.78, 5) is 11.8. The highest BCUT2D eigenvalue weighted by Crippen LogP contribution is 2.31. The molecule has 7 heteroatoms. The number of halogens is 1. The Labute approximate surface area is 160 Å². The summed E-state index contributed by atoms with van der Waals surface area (Å²) in [5, 5.41) is 13.7. The van der Waals surface area contributed by atoms with E-state index in [1.807, 2.05) is 54.6 Å². The number of nitrogens with one attached hydrogen (secondary N) is 1. The third-order valence-electron chi connectivity index (χ3n) is 3.59. The fourth-order valence-electron chi connectivity index (χ4n) is 2.06. The summed E-state index contributed by atoms with van der Waals surface area (Å²) in [6, 6.07) is 9.04. The largest absolute Gasteiger partial charge is 0.504 e. The van der Waals surface area contributed by atoms with Gasteiger partial charge in [0.1, 0.15) is 5.75 Å². The quantitative estimate of drug-likeness (QED) is 0.400. The van der Waals surface area contributed by atoms with Gasteiger partial charge in [-0.25, -0.2) is 5.43 Å². The van der Waals surface area contributed by atoms with Gasteiger partial charge in [0.05, 0.1) is 16.9 Å². The van der Waals surface area contributed by atoms with Gasteiger partial charge < -0.3 is 14.6 Å². The van der Waals surface area contributed by atoms with Crippen LogP contribution in [0.15, 0.2) is 35.4 Å². The summed E-state index contributed by atoms with van der Waals surface area (Å²) < 4.78 is 11.2. The van der Waals surface area contributed by atoms with Crippen LogP contribution in [0.5, 0.6) is 17.2 Å². The van der Waals surface area contributed by atoms with E-state index in [2.05, 4.69) is 10.5 Å². The van der Waals surface area contributed by atoms with E-state index in [1.54, 1.807) is 12.1 Å². The van der Waals surface area contributed by atoms with Gasteiger partial charge in [0.25, 0.3) is 5.91 Å². The Bertz CT molecular complexity index is 806. The number of hydrazone groups is 1. The molecule has 0 atom stereocenters. The number of nitrogens with zero attached hydrogens (tertiary/aromatic N) is 1. The predicted molar refractivity (Wildman–Crippen MR) is 105 cm³/mol. The molecule has 0 spiro atoms. The van der Waals surface area contributed by atoms with Gasteiger partial charge in [0.2, 0.25) is 0 Å². The smallest absolute Gasteiger partial charge is 0.277 e. The van der Waals surface area contributed by atoms with E-state index >= 15 is 0 Å². The standard InChI is InChI=1S/C18H19IN2O4/c1-11-5-4-6-15(12(11)2)25-10-17(22)21-20-9-13-7-14(19)18(23)16(8-13)24-3/h4-9,23H,10H2,1-3H3,(H,21,22). The fraction of sp³-hybridized carbons (Fsp3) is 0.222. The van der Waals surface area contributed by atoms with Crippen LogP contribution in [0.1, 0.15) is 16.7 Å². The monoisotopic (exact) mass is 454 g/mol. The van der Waals surface area contributed by atoms with Crippen LogP contribution in [-0.4, -0.2) is 30.9 Å². The van der Waals surface area contributed by atoms with E-state index in [-0.39, 0.29) is 18.3 Å². The minimum Gasteiger partial charge on any atom is -0.504 e. The molecule has 0 aromatic heterocycles. The zero-order valence-corrected chi connectivity index (χ0v) is 16.3. The number of phenols is 1. The van der Waals surface area contributed by atoms with Gasteiger partial charge in [-0.1, -0.05) is 12.1 Å². The van der Waals surface area contributed by atoms with Crippen molar-refractivity contribution in [3.05, 3.63) is 50.6 Å². The third kappa shape index (κ3) is 5.09. The van der Waals surface area contributed by atoms with Crippen molar-refractivity contribution in [3.63, 3.8) is 0 Å². The summed E-state index contributed by atoms with van der Waals surface area (Å²) in [6.45, 7) is 3.80. The van der Waals surface area contributed by atoms with Crippen LogP contribution < -0.4 is 14.9 Å². The number of rotatable bonds is 6. The van der Waals surface area contributed by atoms with Gasteiger partial charge >= 0.3 is 0 Å². The van der Waals surface area contributed by atoms with Crippen molar-refractivity contribution in [3.8, 4) is 17.2 Å². The van der Waals surface area contributed by atoms with Crippen LogP contribution in [0, 0.1) is 17.4 Å². The van der Waals surface area contributed by atoms with E-state index in [1.165, 1.54) is 13.3 Å². The molecule has 0 fully saturated rings. The Morgan fingerprint density at radius 3 is 2.80 bits per heavy atom. The molecule has 2 rings (SSSR count). The number of hydrogen-bond acceptors (Lipinski definition) is 5. The lowest BCUT2D eigenvalue weighted by Gasteiger charge is -2.09. The fourth-order valence-corrected chi connectivity index (χ4v) is 2.68. The first kappa shape index (κ1) is 19.0. The SMILES string of the molecule is COc1cc(C=NNC(=O)COc2cccc(C)c2C)cc(I)c1O. The van der Waals surface area contributed by atoms with Gasteiger partial charge in [0, 0.05) is 0 Å². The molecule has 0 unspecified atom stereocenters. The van der Waals surface area contributed by atoms with Gasteiger partial charge in [-0.05, 0) is 71.3 Å². The van der Waals surface area contributed by atoms with E-state index < -0.39 is 0 Å². The molecule has 2 aromatic carbocycles. The van der Waals surface area contributed by atoms with Crippen molar-refractivity contribution in [2.45, 2.75) is 13.8 Å². The van der Waals surface area contributed by atoms with Crippen LogP contribution in [0.2, 0.25) is 0 Å². The number of aromatic hydroxyl groups is 1. The van der Waals surface area contributed by atoms with Crippen LogP contribution in [-0.2, 0) is 4.79 Å². The van der Waals surface area contributed by atoms with Gasteiger partial charge in [-0.3, -0.25) is 4.79 Å². The summed E-state index contributed by atoms with van der Waals surface area (Å²) in [7, 11) is 1.47.